The molecule has 3 aliphatic rings. The Labute approximate surface area is 159 Å². The Morgan fingerprint density at radius 2 is 2.19 bits per heavy atom. The molecule has 1 atom stereocenters. The van der Waals surface area contributed by atoms with E-state index in [0.717, 1.165) is 57.1 Å². The molecule has 7 heteroatoms. The molecule has 0 radical (unpaired) electrons. The monoisotopic (exact) mass is 369 g/mol. The van der Waals surface area contributed by atoms with Crippen LogP contribution in [-0.4, -0.2) is 62.4 Å². The van der Waals surface area contributed by atoms with Crippen molar-refractivity contribution in [2.45, 2.75) is 25.7 Å². The Morgan fingerprint density at radius 1 is 1.33 bits per heavy atom. The summed E-state index contributed by atoms with van der Waals surface area (Å²) in [7, 11) is 1.75. The highest BCUT2D eigenvalue weighted by Gasteiger charge is 2.42. The number of nitrogens with one attached hydrogen (secondary N) is 2. The summed E-state index contributed by atoms with van der Waals surface area (Å²) < 4.78 is 0. The number of para-hydroxylation sites is 1. The molecule has 3 heterocycles. The molecule has 7 nitrogen and oxygen atoms in total. The minimum Gasteiger partial charge on any atom is -0.355 e. The van der Waals surface area contributed by atoms with E-state index in [4.69, 9.17) is 0 Å². The first-order valence-electron chi connectivity index (χ1n) is 9.71. The smallest absolute Gasteiger partial charge is 0.246 e. The zero-order valence-corrected chi connectivity index (χ0v) is 15.8. The number of benzene rings is 1. The van der Waals surface area contributed by atoms with Crippen LogP contribution in [0.15, 0.2) is 29.3 Å². The number of aliphatic imine (C=N–C) groups is 1. The van der Waals surface area contributed by atoms with E-state index in [2.05, 4.69) is 26.6 Å². The molecule has 1 spiro atoms. The van der Waals surface area contributed by atoms with Crippen molar-refractivity contribution in [2.24, 2.45) is 10.4 Å². The van der Waals surface area contributed by atoms with E-state index < -0.39 is 0 Å². The van der Waals surface area contributed by atoms with Gasteiger partial charge in [0.25, 0.3) is 0 Å². The van der Waals surface area contributed by atoms with Crippen molar-refractivity contribution in [3.05, 3.63) is 29.8 Å². The first-order valence-corrected chi connectivity index (χ1v) is 9.71. The number of hydrogen-bond acceptors (Lipinski definition) is 3. The molecule has 1 aromatic rings. The number of hydrogen-bond donors (Lipinski definition) is 2. The zero-order chi connectivity index (χ0) is 18.9. The Morgan fingerprint density at radius 3 is 2.96 bits per heavy atom. The second-order valence-corrected chi connectivity index (χ2v) is 7.80. The minimum atomic E-state index is 0.00482. The van der Waals surface area contributed by atoms with Gasteiger partial charge in [0.15, 0.2) is 5.96 Å². The number of rotatable bonds is 2. The second kappa shape index (κ2) is 7.21. The van der Waals surface area contributed by atoms with E-state index in [1.165, 1.54) is 5.56 Å². The molecule has 2 fully saturated rings. The fourth-order valence-electron chi connectivity index (χ4n) is 4.61. The van der Waals surface area contributed by atoms with Crippen LogP contribution in [0.5, 0.6) is 0 Å². The van der Waals surface area contributed by atoms with Crippen LogP contribution in [0.25, 0.3) is 0 Å². The van der Waals surface area contributed by atoms with Crippen LogP contribution >= 0.6 is 0 Å². The maximum atomic E-state index is 12.7. The number of nitrogens with zero attached hydrogens (tertiary/aromatic N) is 3. The van der Waals surface area contributed by atoms with Crippen LogP contribution in [0.3, 0.4) is 0 Å². The number of amides is 2. The van der Waals surface area contributed by atoms with Crippen LogP contribution in [0.1, 0.15) is 24.8 Å². The average molecular weight is 369 g/mol. The van der Waals surface area contributed by atoms with Gasteiger partial charge in [-0.05, 0) is 30.9 Å². The van der Waals surface area contributed by atoms with Gasteiger partial charge in [0.1, 0.15) is 0 Å². The lowest BCUT2D eigenvalue weighted by atomic mass is 9.79. The van der Waals surface area contributed by atoms with Crippen molar-refractivity contribution in [1.29, 1.82) is 0 Å². The third-order valence-electron chi connectivity index (χ3n) is 5.95. The second-order valence-electron chi connectivity index (χ2n) is 7.80. The third kappa shape index (κ3) is 3.50. The molecule has 4 rings (SSSR count). The first kappa shape index (κ1) is 17.8. The summed E-state index contributed by atoms with van der Waals surface area (Å²) in [5, 5.41) is 6.21. The topological polar surface area (TPSA) is 77.0 Å². The molecule has 1 aromatic carbocycles. The number of piperidine rings is 1. The zero-order valence-electron chi connectivity index (χ0n) is 15.8. The highest BCUT2D eigenvalue weighted by Crippen LogP contribution is 2.36. The van der Waals surface area contributed by atoms with Crippen molar-refractivity contribution in [3.63, 3.8) is 0 Å². The van der Waals surface area contributed by atoms with E-state index in [1.807, 2.05) is 23.1 Å². The summed E-state index contributed by atoms with van der Waals surface area (Å²) in [5.41, 5.74) is 2.25. The molecular weight excluding hydrogens is 342 g/mol. The van der Waals surface area contributed by atoms with Crippen molar-refractivity contribution in [3.8, 4) is 0 Å². The lowest BCUT2D eigenvalue weighted by molar-refractivity contribution is -0.120. The molecule has 3 aliphatic heterocycles. The number of carbonyl (C=O) groups excluding carboxylic acids is 2. The van der Waals surface area contributed by atoms with Crippen molar-refractivity contribution in [1.82, 2.24) is 15.5 Å². The van der Waals surface area contributed by atoms with E-state index in [0.29, 0.717) is 6.42 Å². The summed E-state index contributed by atoms with van der Waals surface area (Å²) in [6.45, 7) is 3.39. The SMILES string of the molecule is CN=C(NCC(=O)N1CCc2ccccc21)N1CCCC2(CNC(=O)C2)C1. The van der Waals surface area contributed by atoms with Gasteiger partial charge in [0.2, 0.25) is 11.8 Å². The van der Waals surface area contributed by atoms with Crippen LogP contribution in [0.4, 0.5) is 5.69 Å². The fraction of sp³-hybridized carbons (Fsp3) is 0.550. The summed E-state index contributed by atoms with van der Waals surface area (Å²) in [6.07, 6.45) is 3.59. The molecule has 0 saturated carbocycles. The quantitative estimate of drug-likeness (QED) is 0.596. The van der Waals surface area contributed by atoms with Crippen LogP contribution in [0.2, 0.25) is 0 Å². The molecule has 2 amide bonds. The standard InChI is InChI=1S/C20H27N5O2/c1-21-19(24-9-4-8-20(14-24)11-17(26)23-13-20)22-12-18(27)25-10-7-15-5-2-3-6-16(15)25/h2-3,5-6H,4,7-14H2,1H3,(H,21,22)(H,23,26). The molecule has 0 bridgehead atoms. The number of fused-ring (bicyclic) bond motifs is 1. The molecular formula is C20H27N5O2. The number of guanidine groups is 1. The summed E-state index contributed by atoms with van der Waals surface area (Å²) in [5.74, 6) is 0.947. The van der Waals surface area contributed by atoms with Crippen LogP contribution in [0, 0.1) is 5.41 Å². The van der Waals surface area contributed by atoms with Gasteiger partial charge in [0, 0.05) is 50.7 Å². The predicted octanol–water partition coefficient (Wildman–Crippen LogP) is 0.753. The maximum Gasteiger partial charge on any atom is 0.246 e. The summed E-state index contributed by atoms with van der Waals surface area (Å²) in [4.78, 5) is 32.9. The largest absolute Gasteiger partial charge is 0.355 e. The van der Waals surface area contributed by atoms with Gasteiger partial charge >= 0.3 is 0 Å². The van der Waals surface area contributed by atoms with Gasteiger partial charge in [-0.15, -0.1) is 0 Å². The lowest BCUT2D eigenvalue weighted by Gasteiger charge is -2.40. The van der Waals surface area contributed by atoms with Gasteiger partial charge in [-0.3, -0.25) is 14.6 Å². The Kier molecular flexibility index (Phi) is 4.76. The van der Waals surface area contributed by atoms with Crippen LogP contribution < -0.4 is 15.5 Å². The van der Waals surface area contributed by atoms with E-state index in [9.17, 15) is 9.59 Å². The normalized spacial score (nSPS) is 24.9. The van der Waals surface area contributed by atoms with E-state index in [1.54, 1.807) is 7.05 Å². The molecule has 2 N–H and O–H groups in total. The van der Waals surface area contributed by atoms with Gasteiger partial charge in [-0.2, -0.15) is 0 Å². The highest BCUT2D eigenvalue weighted by molar-refractivity contribution is 5.98. The summed E-state index contributed by atoms with van der Waals surface area (Å²) >= 11 is 0. The van der Waals surface area contributed by atoms with Crippen molar-refractivity contribution >= 4 is 23.5 Å². The minimum absolute atomic E-state index is 0.00482. The van der Waals surface area contributed by atoms with Gasteiger partial charge in [-0.1, -0.05) is 18.2 Å². The molecule has 2 saturated heterocycles. The van der Waals surface area contributed by atoms with Crippen molar-refractivity contribution < 1.29 is 9.59 Å². The van der Waals surface area contributed by atoms with E-state index >= 15 is 0 Å². The Hall–Kier alpha value is -2.57. The first-order chi connectivity index (χ1) is 13.1. The molecule has 144 valence electrons. The third-order valence-corrected chi connectivity index (χ3v) is 5.95. The fourth-order valence-corrected chi connectivity index (χ4v) is 4.61. The Bertz CT molecular complexity index is 777. The highest BCUT2D eigenvalue weighted by atomic mass is 16.2. The molecule has 0 aromatic heterocycles. The van der Waals surface area contributed by atoms with E-state index in [-0.39, 0.29) is 23.8 Å². The van der Waals surface area contributed by atoms with Gasteiger partial charge in [-0.25, -0.2) is 0 Å². The van der Waals surface area contributed by atoms with Gasteiger partial charge < -0.3 is 20.4 Å². The van der Waals surface area contributed by atoms with Crippen molar-refractivity contribution in [2.75, 3.05) is 44.7 Å². The van der Waals surface area contributed by atoms with Crippen LogP contribution in [-0.2, 0) is 16.0 Å². The Balaban J connectivity index is 1.37. The number of anilines is 1. The van der Waals surface area contributed by atoms with Gasteiger partial charge in [0.05, 0.1) is 6.54 Å². The number of likely N-dealkylation sites (tertiary alicyclic amines) is 1. The molecule has 27 heavy (non-hydrogen) atoms. The maximum absolute atomic E-state index is 12.7. The average Bonchev–Trinajstić information content (AvgIpc) is 3.26. The number of carbonyl (C=O) groups is 2. The molecule has 1 unspecified atom stereocenters. The molecule has 0 aliphatic carbocycles. The predicted molar refractivity (Wildman–Crippen MR) is 105 cm³/mol. The summed E-state index contributed by atoms with van der Waals surface area (Å²) in [6, 6.07) is 8.08. The lowest BCUT2D eigenvalue weighted by Crippen LogP contribution is -2.52.